The zero-order valence-electron chi connectivity index (χ0n) is 18.3. The summed E-state index contributed by atoms with van der Waals surface area (Å²) in [6.45, 7) is 3.52. The molecule has 0 spiro atoms. The summed E-state index contributed by atoms with van der Waals surface area (Å²) in [6, 6.07) is 21.0. The average molecular weight is 417 g/mol. The van der Waals surface area contributed by atoms with Gasteiger partial charge in [-0.05, 0) is 36.2 Å². The Morgan fingerprint density at radius 1 is 0.903 bits per heavy atom. The average Bonchev–Trinajstić information content (AvgIpc) is 2.83. The molecule has 4 nitrogen and oxygen atoms in total. The van der Waals surface area contributed by atoms with E-state index >= 15 is 0 Å². The summed E-state index contributed by atoms with van der Waals surface area (Å²) in [5, 5.41) is 3.35. The van der Waals surface area contributed by atoms with Crippen molar-refractivity contribution in [3.8, 4) is 5.75 Å². The Kier molecular flexibility index (Phi) is 9.11. The minimum absolute atomic E-state index is 0.0521. The number of unbranched alkanes of at least 4 members (excludes halogenated alkanes) is 5. The van der Waals surface area contributed by atoms with E-state index in [4.69, 9.17) is 4.74 Å². The van der Waals surface area contributed by atoms with Crippen molar-refractivity contribution >= 4 is 11.6 Å². The molecule has 31 heavy (non-hydrogen) atoms. The van der Waals surface area contributed by atoms with E-state index in [1.54, 1.807) is 18.3 Å². The van der Waals surface area contributed by atoms with Crippen LogP contribution in [0.3, 0.4) is 0 Å². The summed E-state index contributed by atoms with van der Waals surface area (Å²) in [5.41, 5.74) is 2.28. The lowest BCUT2D eigenvalue weighted by Crippen LogP contribution is -2.11. The predicted molar refractivity (Wildman–Crippen MR) is 127 cm³/mol. The van der Waals surface area contributed by atoms with E-state index in [-0.39, 0.29) is 5.78 Å². The maximum atomic E-state index is 13.2. The van der Waals surface area contributed by atoms with E-state index in [2.05, 4.69) is 17.2 Å². The number of nitrogens with one attached hydrogen (secondary N) is 1. The van der Waals surface area contributed by atoms with Crippen molar-refractivity contribution < 1.29 is 9.53 Å². The zero-order valence-corrected chi connectivity index (χ0v) is 18.3. The van der Waals surface area contributed by atoms with Crippen molar-refractivity contribution in [1.82, 2.24) is 4.98 Å². The van der Waals surface area contributed by atoms with Crippen molar-refractivity contribution in [3.05, 3.63) is 89.6 Å². The van der Waals surface area contributed by atoms with Gasteiger partial charge in [0.2, 0.25) is 0 Å². The number of carbonyl (C=O) groups is 1. The Morgan fingerprint density at radius 3 is 2.55 bits per heavy atom. The van der Waals surface area contributed by atoms with Crippen molar-refractivity contribution in [1.29, 1.82) is 0 Å². The molecule has 1 aromatic heterocycles. The van der Waals surface area contributed by atoms with Gasteiger partial charge in [0.15, 0.2) is 5.78 Å². The van der Waals surface area contributed by atoms with Gasteiger partial charge in [0.25, 0.3) is 0 Å². The van der Waals surface area contributed by atoms with Crippen LogP contribution in [0.25, 0.3) is 0 Å². The highest BCUT2D eigenvalue weighted by Gasteiger charge is 2.15. The minimum atomic E-state index is -0.0521. The van der Waals surface area contributed by atoms with Gasteiger partial charge in [-0.15, -0.1) is 0 Å². The molecule has 0 aliphatic heterocycles. The van der Waals surface area contributed by atoms with Gasteiger partial charge in [-0.1, -0.05) is 81.5 Å². The number of ketones is 1. The largest absolute Gasteiger partial charge is 0.489 e. The topological polar surface area (TPSA) is 51.2 Å². The second-order valence-electron chi connectivity index (χ2n) is 7.73. The zero-order chi connectivity index (χ0) is 21.7. The lowest BCUT2D eigenvalue weighted by atomic mass is 10.0. The highest BCUT2D eigenvalue weighted by Crippen LogP contribution is 2.21. The first kappa shape index (κ1) is 22.5. The molecule has 0 unspecified atom stereocenters. The molecule has 0 saturated heterocycles. The number of rotatable bonds is 13. The van der Waals surface area contributed by atoms with Crippen LogP contribution in [0.4, 0.5) is 5.82 Å². The Bertz CT molecular complexity index is 941. The van der Waals surface area contributed by atoms with E-state index < -0.39 is 0 Å². The van der Waals surface area contributed by atoms with Gasteiger partial charge in [-0.2, -0.15) is 0 Å². The Hall–Kier alpha value is -3.14. The lowest BCUT2D eigenvalue weighted by Gasteiger charge is -2.11. The molecule has 162 valence electrons. The molecule has 0 aliphatic rings. The number of anilines is 1. The number of hydrogen-bond acceptors (Lipinski definition) is 4. The monoisotopic (exact) mass is 416 g/mol. The molecular weight excluding hydrogens is 384 g/mol. The SMILES string of the molecule is CCCCCCCCNc1ncccc1C(=O)c1cccc(OCc2ccccc2)c1. The van der Waals surface area contributed by atoms with Crippen molar-refractivity contribution in [2.45, 2.75) is 52.1 Å². The van der Waals surface area contributed by atoms with Gasteiger partial charge in [0.05, 0.1) is 5.56 Å². The fourth-order valence-electron chi connectivity index (χ4n) is 3.47. The molecule has 0 radical (unpaired) electrons. The number of pyridine rings is 1. The maximum Gasteiger partial charge on any atom is 0.196 e. The standard InChI is InChI=1S/C27H32N2O2/c1-2-3-4-5-6-10-18-28-27-25(17-12-19-29-27)26(30)23-15-11-16-24(20-23)31-21-22-13-8-7-9-14-22/h7-9,11-17,19-20H,2-6,10,18,21H2,1H3,(H,28,29). The molecule has 2 aromatic carbocycles. The molecule has 4 heteroatoms. The first-order chi connectivity index (χ1) is 15.3. The number of carbonyl (C=O) groups excluding carboxylic acids is 1. The van der Waals surface area contributed by atoms with Crippen LogP contribution in [0.5, 0.6) is 5.75 Å². The number of aromatic nitrogens is 1. The fourth-order valence-corrected chi connectivity index (χ4v) is 3.47. The number of hydrogen-bond donors (Lipinski definition) is 1. The number of ether oxygens (including phenoxy) is 1. The van der Waals surface area contributed by atoms with Crippen LogP contribution < -0.4 is 10.1 Å². The van der Waals surface area contributed by atoms with Gasteiger partial charge < -0.3 is 10.1 Å². The Balaban J connectivity index is 1.59. The summed E-state index contributed by atoms with van der Waals surface area (Å²) in [5.74, 6) is 1.28. The van der Waals surface area contributed by atoms with E-state index in [1.165, 1.54) is 32.1 Å². The quantitative estimate of drug-likeness (QED) is 0.250. The molecule has 0 bridgehead atoms. The minimum Gasteiger partial charge on any atom is -0.489 e. The maximum absolute atomic E-state index is 13.2. The first-order valence-corrected chi connectivity index (χ1v) is 11.3. The first-order valence-electron chi connectivity index (χ1n) is 11.3. The molecule has 0 saturated carbocycles. The Labute approximate surface area is 185 Å². The van der Waals surface area contributed by atoms with Crippen molar-refractivity contribution in [2.75, 3.05) is 11.9 Å². The number of nitrogens with zero attached hydrogens (tertiary/aromatic N) is 1. The summed E-state index contributed by atoms with van der Waals surface area (Å²) >= 11 is 0. The normalized spacial score (nSPS) is 10.6. The highest BCUT2D eigenvalue weighted by atomic mass is 16.5. The summed E-state index contributed by atoms with van der Waals surface area (Å²) in [7, 11) is 0. The van der Waals surface area contributed by atoms with Crippen LogP contribution in [0.1, 0.15) is 66.9 Å². The van der Waals surface area contributed by atoms with Gasteiger partial charge in [0.1, 0.15) is 18.2 Å². The molecule has 3 rings (SSSR count). The van der Waals surface area contributed by atoms with Gasteiger partial charge in [0, 0.05) is 18.3 Å². The van der Waals surface area contributed by atoms with E-state index in [1.807, 2.05) is 54.6 Å². The third-order valence-electron chi connectivity index (χ3n) is 5.22. The second-order valence-corrected chi connectivity index (χ2v) is 7.73. The van der Waals surface area contributed by atoms with Crippen LogP contribution in [0.15, 0.2) is 72.9 Å². The molecule has 1 N–H and O–H groups in total. The van der Waals surface area contributed by atoms with Crippen LogP contribution in [0, 0.1) is 0 Å². The summed E-state index contributed by atoms with van der Waals surface area (Å²) in [4.78, 5) is 17.6. The van der Waals surface area contributed by atoms with Gasteiger partial charge in [-0.25, -0.2) is 4.98 Å². The predicted octanol–water partition coefficient (Wildman–Crippen LogP) is 6.66. The molecular formula is C27H32N2O2. The molecule has 3 aromatic rings. The van der Waals surface area contributed by atoms with Crippen molar-refractivity contribution in [2.24, 2.45) is 0 Å². The van der Waals surface area contributed by atoms with Gasteiger partial charge >= 0.3 is 0 Å². The molecule has 0 aliphatic carbocycles. The highest BCUT2D eigenvalue weighted by molar-refractivity contribution is 6.12. The van der Waals surface area contributed by atoms with Crippen LogP contribution in [0.2, 0.25) is 0 Å². The van der Waals surface area contributed by atoms with E-state index in [0.717, 1.165) is 18.5 Å². The lowest BCUT2D eigenvalue weighted by molar-refractivity contribution is 0.103. The molecule has 0 amide bonds. The third kappa shape index (κ3) is 7.25. The molecule has 0 atom stereocenters. The van der Waals surface area contributed by atoms with E-state index in [9.17, 15) is 4.79 Å². The number of benzene rings is 2. The van der Waals surface area contributed by atoms with Crippen LogP contribution >= 0.6 is 0 Å². The smallest absolute Gasteiger partial charge is 0.196 e. The van der Waals surface area contributed by atoms with Crippen molar-refractivity contribution in [3.63, 3.8) is 0 Å². The molecule has 1 heterocycles. The second kappa shape index (κ2) is 12.5. The van der Waals surface area contributed by atoms with E-state index in [0.29, 0.717) is 29.3 Å². The third-order valence-corrected chi connectivity index (χ3v) is 5.22. The van der Waals surface area contributed by atoms with Crippen LogP contribution in [-0.4, -0.2) is 17.3 Å². The molecule has 0 fully saturated rings. The van der Waals surface area contributed by atoms with Crippen LogP contribution in [-0.2, 0) is 6.61 Å². The summed E-state index contributed by atoms with van der Waals surface area (Å²) < 4.78 is 5.89. The Morgan fingerprint density at radius 2 is 1.71 bits per heavy atom. The van der Waals surface area contributed by atoms with Gasteiger partial charge in [-0.3, -0.25) is 4.79 Å². The fraction of sp³-hybridized carbons (Fsp3) is 0.333. The summed E-state index contributed by atoms with van der Waals surface area (Å²) in [6.07, 6.45) is 9.13.